The van der Waals surface area contributed by atoms with Crippen LogP contribution >= 0.6 is 23.1 Å². The molecule has 1 N–H and O–H groups in total. The molecular weight excluding hydrogens is 473 g/mol. The Morgan fingerprint density at radius 3 is 2.73 bits per heavy atom. The van der Waals surface area contributed by atoms with Crippen molar-refractivity contribution >= 4 is 39.2 Å². The van der Waals surface area contributed by atoms with Crippen LogP contribution in [0.25, 0.3) is 15.9 Å². The molecular formula is C22H19F3N4O2S2. The maximum Gasteiger partial charge on any atom is 0.416 e. The zero-order valence-corrected chi connectivity index (χ0v) is 19.1. The van der Waals surface area contributed by atoms with Crippen LogP contribution in [0.1, 0.15) is 10.6 Å². The minimum atomic E-state index is -4.40. The molecule has 4 rings (SSSR count). The van der Waals surface area contributed by atoms with Gasteiger partial charge in [-0.15, -0.1) is 11.3 Å². The maximum atomic E-state index is 12.9. The van der Waals surface area contributed by atoms with Crippen LogP contribution in [0, 0.1) is 0 Å². The number of fused-ring (bicyclic) bond motifs is 1. The van der Waals surface area contributed by atoms with Crippen LogP contribution < -0.4 is 10.1 Å². The Morgan fingerprint density at radius 1 is 1.21 bits per heavy atom. The van der Waals surface area contributed by atoms with Crippen LogP contribution in [0.3, 0.4) is 0 Å². The third-order valence-corrected chi connectivity index (χ3v) is 6.77. The van der Waals surface area contributed by atoms with Gasteiger partial charge in [-0.05, 0) is 42.5 Å². The predicted octanol–water partition coefficient (Wildman–Crippen LogP) is 4.96. The fourth-order valence-corrected chi connectivity index (χ4v) is 4.83. The second-order valence-electron chi connectivity index (χ2n) is 6.95. The summed E-state index contributed by atoms with van der Waals surface area (Å²) in [6, 6.07) is 11.0. The molecule has 11 heteroatoms. The lowest BCUT2D eigenvalue weighted by Crippen LogP contribution is -2.27. The van der Waals surface area contributed by atoms with Gasteiger partial charge in [0, 0.05) is 31.0 Å². The van der Waals surface area contributed by atoms with Gasteiger partial charge >= 0.3 is 6.18 Å². The SMILES string of the molecule is COc1ccc(-n2ccnc2SCC(=O)NCCc2nc3cc(C(F)(F)F)ccc3s2)cc1. The molecule has 0 saturated carbocycles. The summed E-state index contributed by atoms with van der Waals surface area (Å²) in [5, 5.41) is 4.18. The molecule has 0 aliphatic carbocycles. The molecule has 0 bridgehead atoms. The van der Waals surface area contributed by atoms with Gasteiger partial charge in [0.05, 0.1) is 33.7 Å². The van der Waals surface area contributed by atoms with Gasteiger partial charge in [-0.25, -0.2) is 9.97 Å². The van der Waals surface area contributed by atoms with E-state index in [4.69, 9.17) is 4.74 Å². The molecule has 0 radical (unpaired) electrons. The topological polar surface area (TPSA) is 69.0 Å². The highest BCUT2D eigenvalue weighted by atomic mass is 32.2. The van der Waals surface area contributed by atoms with E-state index in [-0.39, 0.29) is 11.7 Å². The highest BCUT2D eigenvalue weighted by Crippen LogP contribution is 2.33. The number of aromatic nitrogens is 3. The van der Waals surface area contributed by atoms with E-state index in [1.165, 1.54) is 29.2 Å². The molecule has 6 nitrogen and oxygen atoms in total. The summed E-state index contributed by atoms with van der Waals surface area (Å²) in [4.78, 5) is 20.8. The zero-order chi connectivity index (χ0) is 23.4. The minimum absolute atomic E-state index is 0.162. The lowest BCUT2D eigenvalue weighted by atomic mass is 10.2. The molecule has 0 spiro atoms. The van der Waals surface area contributed by atoms with Crippen molar-refractivity contribution in [2.75, 3.05) is 19.4 Å². The van der Waals surface area contributed by atoms with Crippen molar-refractivity contribution in [3.8, 4) is 11.4 Å². The third-order valence-electron chi connectivity index (χ3n) is 4.71. The van der Waals surface area contributed by atoms with Crippen LogP contribution in [0.5, 0.6) is 5.75 Å². The standard InChI is InChI=1S/C22H19F3N4O2S2/c1-31-16-5-3-15(4-6-16)29-11-10-27-21(29)32-13-19(30)26-9-8-20-28-17-12-14(22(23,24)25)2-7-18(17)33-20/h2-7,10-12H,8-9,13H2,1H3,(H,26,30). The molecule has 2 heterocycles. The number of amides is 1. The number of thioether (sulfide) groups is 1. The van der Waals surface area contributed by atoms with Crippen molar-refractivity contribution in [3.05, 3.63) is 65.4 Å². The second-order valence-corrected chi connectivity index (χ2v) is 9.01. The Hall–Kier alpha value is -3.05. The van der Waals surface area contributed by atoms with Crippen LogP contribution in [-0.4, -0.2) is 39.8 Å². The number of hydrogen-bond donors (Lipinski definition) is 1. The molecule has 0 aliphatic rings. The summed E-state index contributed by atoms with van der Waals surface area (Å²) in [6.07, 6.45) is -0.468. The summed E-state index contributed by atoms with van der Waals surface area (Å²) in [5.41, 5.74) is 0.503. The Labute approximate surface area is 195 Å². The molecule has 0 aliphatic heterocycles. The van der Waals surface area contributed by atoms with E-state index in [1.807, 2.05) is 35.0 Å². The van der Waals surface area contributed by atoms with Crippen molar-refractivity contribution in [3.63, 3.8) is 0 Å². The van der Waals surface area contributed by atoms with Crippen molar-refractivity contribution < 1.29 is 22.7 Å². The van der Waals surface area contributed by atoms with Gasteiger partial charge < -0.3 is 10.1 Å². The largest absolute Gasteiger partial charge is 0.497 e. The Kier molecular flexibility index (Phi) is 6.89. The lowest BCUT2D eigenvalue weighted by Gasteiger charge is -2.08. The van der Waals surface area contributed by atoms with Gasteiger partial charge in [0.25, 0.3) is 0 Å². The smallest absolute Gasteiger partial charge is 0.416 e. The molecule has 0 fully saturated rings. The molecule has 0 saturated heterocycles. The van der Waals surface area contributed by atoms with E-state index < -0.39 is 11.7 Å². The molecule has 0 unspecified atom stereocenters. The number of hydrogen-bond acceptors (Lipinski definition) is 6. The van der Waals surface area contributed by atoms with E-state index in [2.05, 4.69) is 15.3 Å². The number of nitrogens with one attached hydrogen (secondary N) is 1. The Balaban J connectivity index is 1.29. The van der Waals surface area contributed by atoms with E-state index in [9.17, 15) is 18.0 Å². The first-order valence-electron chi connectivity index (χ1n) is 9.87. The normalized spacial score (nSPS) is 11.6. The van der Waals surface area contributed by atoms with Crippen molar-refractivity contribution in [1.29, 1.82) is 0 Å². The number of nitrogens with zero attached hydrogens (tertiary/aromatic N) is 3. The van der Waals surface area contributed by atoms with Gasteiger partial charge in [0.2, 0.25) is 5.91 Å². The third kappa shape index (κ3) is 5.66. The summed E-state index contributed by atoms with van der Waals surface area (Å²) < 4.78 is 46.3. The van der Waals surface area contributed by atoms with Crippen LogP contribution in [0.2, 0.25) is 0 Å². The number of ether oxygens (including phenoxy) is 1. The number of methoxy groups -OCH3 is 1. The summed E-state index contributed by atoms with van der Waals surface area (Å²) >= 11 is 2.63. The maximum absolute atomic E-state index is 12.9. The lowest BCUT2D eigenvalue weighted by molar-refractivity contribution is -0.137. The Bertz CT molecular complexity index is 1250. The summed E-state index contributed by atoms with van der Waals surface area (Å²) in [5.74, 6) is 0.771. The number of alkyl halides is 3. The van der Waals surface area contributed by atoms with E-state index >= 15 is 0 Å². The van der Waals surface area contributed by atoms with Gasteiger partial charge in [-0.2, -0.15) is 13.2 Å². The molecule has 2 aromatic carbocycles. The molecule has 172 valence electrons. The molecule has 33 heavy (non-hydrogen) atoms. The number of halogens is 3. The van der Waals surface area contributed by atoms with Crippen LogP contribution in [0.15, 0.2) is 60.0 Å². The van der Waals surface area contributed by atoms with Crippen molar-refractivity contribution in [2.45, 2.75) is 17.8 Å². The number of thiazole rings is 1. The molecule has 0 atom stereocenters. The van der Waals surface area contributed by atoms with Gasteiger partial charge in [0.15, 0.2) is 5.16 Å². The molecule has 2 aromatic heterocycles. The molecule has 4 aromatic rings. The van der Waals surface area contributed by atoms with E-state index in [0.29, 0.717) is 33.3 Å². The first-order valence-corrected chi connectivity index (χ1v) is 11.7. The first-order chi connectivity index (χ1) is 15.8. The van der Waals surface area contributed by atoms with Gasteiger partial charge in [0.1, 0.15) is 5.75 Å². The fourth-order valence-electron chi connectivity index (χ4n) is 3.08. The van der Waals surface area contributed by atoms with Crippen molar-refractivity contribution in [1.82, 2.24) is 19.9 Å². The summed E-state index contributed by atoms with van der Waals surface area (Å²) in [6.45, 7) is 0.345. The number of imidazole rings is 1. The van der Waals surface area contributed by atoms with E-state index in [1.54, 1.807) is 13.3 Å². The average Bonchev–Trinajstić information content (AvgIpc) is 3.43. The summed E-state index contributed by atoms with van der Waals surface area (Å²) in [7, 11) is 1.60. The van der Waals surface area contributed by atoms with Crippen LogP contribution in [0.4, 0.5) is 13.2 Å². The second kappa shape index (κ2) is 9.84. The van der Waals surface area contributed by atoms with Crippen molar-refractivity contribution in [2.24, 2.45) is 0 Å². The highest BCUT2D eigenvalue weighted by Gasteiger charge is 2.30. The van der Waals surface area contributed by atoms with Crippen LogP contribution in [-0.2, 0) is 17.4 Å². The number of rotatable bonds is 8. The first kappa shape index (κ1) is 23.1. The Morgan fingerprint density at radius 2 is 2.00 bits per heavy atom. The zero-order valence-electron chi connectivity index (χ0n) is 17.4. The fraction of sp³-hybridized carbons (Fsp3) is 0.227. The van der Waals surface area contributed by atoms with E-state index in [0.717, 1.165) is 23.6 Å². The number of carbonyl (C=O) groups excluding carboxylic acids is 1. The highest BCUT2D eigenvalue weighted by molar-refractivity contribution is 7.99. The average molecular weight is 493 g/mol. The van der Waals surface area contributed by atoms with Gasteiger partial charge in [-0.3, -0.25) is 9.36 Å². The quantitative estimate of drug-likeness (QED) is 0.352. The van der Waals surface area contributed by atoms with Gasteiger partial charge in [-0.1, -0.05) is 11.8 Å². The molecule has 1 amide bonds. The number of benzene rings is 2. The number of carbonyl (C=O) groups is 1. The monoisotopic (exact) mass is 492 g/mol. The predicted molar refractivity (Wildman–Crippen MR) is 122 cm³/mol. The minimum Gasteiger partial charge on any atom is -0.497 e.